The average Bonchev–Trinajstić information content (AvgIpc) is 3.76. The fourth-order valence-corrected chi connectivity index (χ4v) is 3.07. The number of nitrogens with zero attached hydrogens (tertiary/aromatic N) is 6. The number of hydrogen-bond donors (Lipinski definition) is 0. The summed E-state index contributed by atoms with van der Waals surface area (Å²) in [6.07, 6.45) is 3.82. The summed E-state index contributed by atoms with van der Waals surface area (Å²) in [6, 6.07) is 13.8. The number of pyridine rings is 2. The van der Waals surface area contributed by atoms with Gasteiger partial charge in [-0.05, 0) is 0 Å². The van der Waals surface area contributed by atoms with E-state index in [0.717, 1.165) is 0 Å². The maximum atomic E-state index is 11.4. The second-order valence-corrected chi connectivity index (χ2v) is 8.65. The lowest BCUT2D eigenvalue weighted by atomic mass is 10.2. The lowest BCUT2D eigenvalue weighted by Crippen LogP contribution is -2.17. The molecule has 0 unspecified atom stereocenters. The molecule has 0 bridgehead atoms. The molecule has 0 amide bonds. The molecule has 2 aromatic carbocycles. The first-order chi connectivity index (χ1) is 22.0. The second-order valence-electron chi connectivity index (χ2n) is 8.65. The number of nitro benzene ring substituents is 5. The van der Waals surface area contributed by atoms with Crippen LogP contribution in [0, 0.1) is 69.6 Å². The Bertz CT molecular complexity index is 1720. The van der Waals surface area contributed by atoms with E-state index in [1.807, 2.05) is 62.6 Å². The standard InChI is InChI=1S/C6H3N3O8.C6H3N3O7.2C6H7N/c10-6-4(8(13)14)1-3(7(11)12)2-5(6)9(15)16-17-9;10-6-4(8(13)14)1-3(7(11)12)2-5(6)9(15)16;2*1-6-4-2-3-5-7-6/h1-2,10H;1-2,10H;2*2-5H,1H3. The van der Waals surface area contributed by atoms with Gasteiger partial charge in [-0.3, -0.25) is 50.6 Å². The maximum Gasteiger partial charge on any atom is 0.283 e. The Morgan fingerprint density at radius 3 is 1.19 bits per heavy atom. The van der Waals surface area contributed by atoms with Crippen LogP contribution in [0.25, 0.3) is 0 Å². The van der Waals surface area contributed by atoms with Crippen molar-refractivity contribution in [1.29, 1.82) is 0 Å². The minimum absolute atomic E-state index is 0.384. The van der Waals surface area contributed by atoms with Crippen LogP contribution in [0.15, 0.2) is 73.1 Å². The quantitative estimate of drug-likeness (QED) is 0.0714. The summed E-state index contributed by atoms with van der Waals surface area (Å²) < 4.78 is 0. The highest BCUT2D eigenvalue weighted by atomic mass is 17.7. The van der Waals surface area contributed by atoms with Crippen LogP contribution in [0.4, 0.5) is 34.1 Å². The number of non-ortho nitro benzene ring substituents is 2. The van der Waals surface area contributed by atoms with Crippen LogP contribution in [-0.4, -0.2) is 24.6 Å². The molecule has 2 aromatic heterocycles. The number of aromatic amines is 2. The van der Waals surface area contributed by atoms with E-state index < -0.39 is 75.2 Å². The highest BCUT2D eigenvalue weighted by Crippen LogP contribution is 2.45. The van der Waals surface area contributed by atoms with Crippen molar-refractivity contribution in [3.63, 3.8) is 0 Å². The third-order valence-electron chi connectivity index (χ3n) is 5.31. The predicted octanol–water partition coefficient (Wildman–Crippen LogP) is 2.28. The molecule has 23 heteroatoms. The number of H-pyrrole nitrogens is 2. The van der Waals surface area contributed by atoms with Crippen molar-refractivity contribution in [2.24, 2.45) is 0 Å². The van der Waals surface area contributed by atoms with E-state index in [9.17, 15) is 66.0 Å². The van der Waals surface area contributed by atoms with Crippen LogP contribution in [0.2, 0.25) is 0 Å². The van der Waals surface area contributed by atoms with Crippen LogP contribution in [0.1, 0.15) is 11.4 Å². The van der Waals surface area contributed by atoms with Crippen molar-refractivity contribution in [3.05, 3.63) is 140 Å². The minimum Gasteiger partial charge on any atom is -0.864 e. The third kappa shape index (κ3) is 10.4. The van der Waals surface area contributed by atoms with Gasteiger partial charge in [0.2, 0.25) is 5.69 Å². The number of nitro groups is 5. The van der Waals surface area contributed by atoms with Crippen LogP contribution < -0.4 is 25.2 Å². The zero-order valence-corrected chi connectivity index (χ0v) is 23.7. The Kier molecular flexibility index (Phi) is 12.2. The van der Waals surface area contributed by atoms with Crippen molar-refractivity contribution in [2.75, 3.05) is 0 Å². The van der Waals surface area contributed by atoms with Crippen LogP contribution in [-0.2, 0) is 9.98 Å². The second kappa shape index (κ2) is 15.8. The molecular formula is C24H20N8O15. The molecule has 4 aromatic rings. The van der Waals surface area contributed by atoms with E-state index in [1.165, 1.54) is 11.4 Å². The van der Waals surface area contributed by atoms with E-state index in [1.54, 1.807) is 0 Å². The summed E-state index contributed by atoms with van der Waals surface area (Å²) >= 11 is 0. The van der Waals surface area contributed by atoms with Gasteiger partial charge in [0.05, 0.1) is 64.6 Å². The van der Waals surface area contributed by atoms with Crippen molar-refractivity contribution in [1.82, 2.24) is 4.97 Å². The van der Waals surface area contributed by atoms with Gasteiger partial charge in [-0.15, -0.1) is 0 Å². The van der Waals surface area contributed by atoms with Gasteiger partial charge >= 0.3 is 0 Å². The number of benzene rings is 2. The van der Waals surface area contributed by atoms with E-state index in [-0.39, 0.29) is 0 Å². The maximum absolute atomic E-state index is 11.4. The summed E-state index contributed by atoms with van der Waals surface area (Å²) in [7, 11) is 0. The molecule has 47 heavy (non-hydrogen) atoms. The van der Waals surface area contributed by atoms with E-state index in [4.69, 9.17) is 0 Å². The topological polar surface area (TPSA) is 338 Å². The lowest BCUT2D eigenvalue weighted by Gasteiger charge is -2.13. The van der Waals surface area contributed by atoms with Crippen molar-refractivity contribution >= 4 is 34.1 Å². The summed E-state index contributed by atoms with van der Waals surface area (Å²) in [5.74, 6) is -2.76. The van der Waals surface area contributed by atoms with Crippen LogP contribution in [0.5, 0.6) is 11.5 Å². The smallest absolute Gasteiger partial charge is 0.283 e. The Morgan fingerprint density at radius 2 is 0.936 bits per heavy atom. The van der Waals surface area contributed by atoms with E-state index in [2.05, 4.69) is 19.9 Å². The number of quaternary nitrogens is 1. The highest BCUT2D eigenvalue weighted by molar-refractivity contribution is 5.68. The lowest BCUT2D eigenvalue weighted by molar-refractivity contribution is -0.420. The zero-order valence-electron chi connectivity index (χ0n) is 23.7. The largest absolute Gasteiger partial charge is 0.864 e. The van der Waals surface area contributed by atoms with Crippen molar-refractivity contribution in [2.45, 2.75) is 13.8 Å². The van der Waals surface area contributed by atoms with Crippen molar-refractivity contribution < 1.29 is 54.8 Å². The SMILES string of the molecule is Cc1cccc[nH+]1.Cc1cccc[nH+]1.O=[N+]([O-])c1cc([N+](=O)[O-])c([O-])c([N+](=O)[O-])c1.O=[N+]([O-])c1cc([N+](=O)[O-])c([O-])c([N+]2([O-])OO2)c1. The van der Waals surface area contributed by atoms with Gasteiger partial charge in [0.25, 0.3) is 28.4 Å². The average molecular weight is 660 g/mol. The van der Waals surface area contributed by atoms with Crippen molar-refractivity contribution in [3.8, 4) is 11.5 Å². The molecule has 0 atom stereocenters. The van der Waals surface area contributed by atoms with Crippen LogP contribution >= 0.6 is 0 Å². The summed E-state index contributed by atoms with van der Waals surface area (Å²) in [4.78, 5) is 58.1. The fraction of sp³-hybridized carbons (Fsp3) is 0.0833. The summed E-state index contributed by atoms with van der Waals surface area (Å²) in [6.45, 7) is 4.06. The van der Waals surface area contributed by atoms with Gasteiger partial charge in [-0.25, -0.2) is 9.97 Å². The first-order valence-electron chi connectivity index (χ1n) is 12.3. The molecule has 5 rings (SSSR count). The molecular weight excluding hydrogens is 640 g/mol. The van der Waals surface area contributed by atoms with Gasteiger partial charge in [0.1, 0.15) is 0 Å². The Morgan fingerprint density at radius 1 is 0.574 bits per heavy atom. The van der Waals surface area contributed by atoms with Crippen LogP contribution in [0.3, 0.4) is 0 Å². The molecule has 1 aliphatic rings. The summed E-state index contributed by atoms with van der Waals surface area (Å²) in [5, 5.41) is 85.7. The molecule has 0 radical (unpaired) electrons. The minimum atomic E-state index is -2.03. The van der Waals surface area contributed by atoms with Gasteiger partial charge in [-0.1, -0.05) is 12.1 Å². The number of rotatable bonds is 6. The number of aryl methyl sites for hydroxylation is 2. The monoisotopic (exact) mass is 660 g/mol. The molecule has 2 N–H and O–H groups in total. The van der Waals surface area contributed by atoms with Gasteiger partial charge in [0, 0.05) is 48.8 Å². The predicted molar refractivity (Wildman–Crippen MR) is 148 cm³/mol. The Labute approximate surface area is 259 Å². The molecule has 1 fully saturated rings. The van der Waals surface area contributed by atoms with Gasteiger partial charge in [-0.2, -0.15) is 0 Å². The van der Waals surface area contributed by atoms with E-state index in [0.29, 0.717) is 24.3 Å². The summed E-state index contributed by atoms with van der Waals surface area (Å²) in [5.41, 5.74) is -3.63. The molecule has 0 saturated carbocycles. The zero-order chi connectivity index (χ0) is 35.5. The molecule has 23 nitrogen and oxygen atoms in total. The fourth-order valence-electron chi connectivity index (χ4n) is 3.07. The first-order valence-corrected chi connectivity index (χ1v) is 12.3. The molecule has 1 aliphatic heterocycles. The van der Waals surface area contributed by atoms with E-state index >= 15 is 0 Å². The third-order valence-corrected chi connectivity index (χ3v) is 5.31. The van der Waals surface area contributed by atoms with Gasteiger partial charge in [0.15, 0.2) is 23.8 Å². The first kappa shape index (κ1) is 36.4. The molecule has 3 heterocycles. The highest BCUT2D eigenvalue weighted by Gasteiger charge is 2.49. The normalized spacial score (nSPS) is 11.9. The molecule has 1 saturated heterocycles. The molecule has 0 spiro atoms. The Balaban J connectivity index is 0.000000235. The molecule has 0 aliphatic carbocycles. The number of aromatic nitrogens is 2. The molecule has 246 valence electrons. The number of nitrogens with one attached hydrogen (secondary N) is 2. The van der Waals surface area contributed by atoms with Gasteiger partial charge < -0.3 is 15.4 Å². The Hall–Kier alpha value is -6.82. The number of hydrogen-bond acceptors (Lipinski definition) is 15.